The summed E-state index contributed by atoms with van der Waals surface area (Å²) in [6.45, 7) is 10.3. The molecule has 1 heterocycles. The van der Waals surface area contributed by atoms with Gasteiger partial charge in [-0.15, -0.1) is 23.5 Å². The summed E-state index contributed by atoms with van der Waals surface area (Å²) in [5.74, 6) is 2.77. The standard InChI is InChI=1S/C5H10S2.2C2H6/c1-5-6-3-2-4-7-5;2*1-2/h5H,2-4H2,1H3;2*1-2H3. The third kappa shape index (κ3) is 10.7. The zero-order valence-corrected chi connectivity index (χ0v) is 10.1. The summed E-state index contributed by atoms with van der Waals surface area (Å²) < 4.78 is 0.869. The Hall–Kier alpha value is 0.700. The molecule has 0 aromatic heterocycles. The van der Waals surface area contributed by atoms with Crippen LogP contribution in [-0.2, 0) is 0 Å². The molecule has 0 N–H and O–H groups in total. The third-order valence-electron chi connectivity index (χ3n) is 0.994. The van der Waals surface area contributed by atoms with E-state index in [0.29, 0.717) is 0 Å². The molecular formula is C9H22S2. The fraction of sp³-hybridized carbons (Fsp3) is 1.00. The maximum absolute atomic E-state index is 2.29. The second-order valence-electron chi connectivity index (χ2n) is 1.66. The van der Waals surface area contributed by atoms with Crippen LogP contribution >= 0.6 is 23.5 Å². The third-order valence-corrected chi connectivity index (χ3v) is 3.80. The van der Waals surface area contributed by atoms with Crippen LogP contribution in [0.1, 0.15) is 41.0 Å². The Morgan fingerprint density at radius 3 is 1.45 bits per heavy atom. The van der Waals surface area contributed by atoms with E-state index >= 15 is 0 Å². The summed E-state index contributed by atoms with van der Waals surface area (Å²) in [6, 6.07) is 0. The largest absolute Gasteiger partial charge is 0.148 e. The molecule has 0 bridgehead atoms. The first kappa shape index (κ1) is 14.2. The zero-order valence-electron chi connectivity index (χ0n) is 8.52. The molecule has 0 aromatic carbocycles. The van der Waals surface area contributed by atoms with Gasteiger partial charge in [0.15, 0.2) is 0 Å². The van der Waals surface area contributed by atoms with Gasteiger partial charge >= 0.3 is 0 Å². The van der Waals surface area contributed by atoms with Gasteiger partial charge in [-0.05, 0) is 24.9 Å². The second-order valence-corrected chi connectivity index (χ2v) is 4.86. The highest BCUT2D eigenvalue weighted by Crippen LogP contribution is 2.29. The maximum atomic E-state index is 2.29. The van der Waals surface area contributed by atoms with Crippen molar-refractivity contribution in [3.05, 3.63) is 0 Å². The summed E-state index contributed by atoms with van der Waals surface area (Å²) in [4.78, 5) is 0. The van der Waals surface area contributed by atoms with Crippen molar-refractivity contribution in [1.29, 1.82) is 0 Å². The van der Waals surface area contributed by atoms with Crippen LogP contribution < -0.4 is 0 Å². The SMILES string of the molecule is CC.CC.CC1SCCCS1. The number of hydrogen-bond acceptors (Lipinski definition) is 2. The second kappa shape index (κ2) is 13.3. The Kier molecular flexibility index (Phi) is 17.2. The maximum Gasteiger partial charge on any atom is 0.0474 e. The molecule has 1 rings (SSSR count). The van der Waals surface area contributed by atoms with E-state index in [2.05, 4.69) is 30.4 Å². The minimum atomic E-state index is 0.869. The van der Waals surface area contributed by atoms with E-state index in [9.17, 15) is 0 Å². The van der Waals surface area contributed by atoms with Crippen molar-refractivity contribution < 1.29 is 0 Å². The van der Waals surface area contributed by atoms with E-state index in [4.69, 9.17) is 0 Å². The molecule has 0 radical (unpaired) electrons. The van der Waals surface area contributed by atoms with Crippen LogP contribution in [-0.4, -0.2) is 16.1 Å². The molecule has 0 aliphatic carbocycles. The Morgan fingerprint density at radius 1 is 0.909 bits per heavy atom. The van der Waals surface area contributed by atoms with Crippen molar-refractivity contribution in [3.63, 3.8) is 0 Å². The van der Waals surface area contributed by atoms with Gasteiger partial charge in [0.25, 0.3) is 0 Å². The smallest absolute Gasteiger partial charge is 0.0474 e. The van der Waals surface area contributed by atoms with Gasteiger partial charge in [0, 0.05) is 4.58 Å². The average molecular weight is 194 g/mol. The van der Waals surface area contributed by atoms with Crippen LogP contribution in [0.3, 0.4) is 0 Å². The lowest BCUT2D eigenvalue weighted by atomic mass is 10.6. The molecule has 1 aliphatic rings. The van der Waals surface area contributed by atoms with E-state index in [-0.39, 0.29) is 0 Å². The first-order valence-electron chi connectivity index (χ1n) is 4.63. The lowest BCUT2D eigenvalue weighted by Gasteiger charge is -2.15. The Bertz CT molecular complexity index is 49.5. The van der Waals surface area contributed by atoms with Crippen LogP contribution in [0.25, 0.3) is 0 Å². The zero-order chi connectivity index (χ0) is 9.11. The van der Waals surface area contributed by atoms with Crippen LogP contribution in [0.15, 0.2) is 0 Å². The summed E-state index contributed by atoms with van der Waals surface area (Å²) in [7, 11) is 0. The van der Waals surface area contributed by atoms with Gasteiger partial charge in [0.05, 0.1) is 0 Å². The molecule has 0 nitrogen and oxygen atoms in total. The normalized spacial score (nSPS) is 17.2. The average Bonchev–Trinajstić information content (AvgIpc) is 2.13. The molecule has 0 unspecified atom stereocenters. The summed E-state index contributed by atoms with van der Waals surface area (Å²) in [5, 5.41) is 0. The highest BCUT2D eigenvalue weighted by molar-refractivity contribution is 8.17. The topological polar surface area (TPSA) is 0 Å². The van der Waals surface area contributed by atoms with E-state index in [1.54, 1.807) is 0 Å². The van der Waals surface area contributed by atoms with Crippen LogP contribution in [0.2, 0.25) is 0 Å². The van der Waals surface area contributed by atoms with Gasteiger partial charge in [-0.2, -0.15) is 0 Å². The van der Waals surface area contributed by atoms with E-state index in [1.807, 2.05) is 27.7 Å². The number of thioether (sulfide) groups is 2. The molecule has 1 aliphatic heterocycles. The molecule has 2 heteroatoms. The molecular weight excluding hydrogens is 172 g/mol. The van der Waals surface area contributed by atoms with Crippen LogP contribution in [0.4, 0.5) is 0 Å². The van der Waals surface area contributed by atoms with Gasteiger partial charge in [-0.3, -0.25) is 0 Å². The molecule has 0 spiro atoms. The van der Waals surface area contributed by atoms with Crippen molar-refractivity contribution in [2.45, 2.75) is 45.6 Å². The molecule has 11 heavy (non-hydrogen) atoms. The predicted molar refractivity (Wildman–Crippen MR) is 61.7 cm³/mol. The quantitative estimate of drug-likeness (QED) is 0.565. The van der Waals surface area contributed by atoms with Crippen molar-refractivity contribution in [1.82, 2.24) is 0 Å². The van der Waals surface area contributed by atoms with Crippen molar-refractivity contribution in [2.24, 2.45) is 0 Å². The van der Waals surface area contributed by atoms with Gasteiger partial charge in [0.1, 0.15) is 0 Å². The minimum Gasteiger partial charge on any atom is -0.148 e. The Labute approximate surface area is 80.9 Å². The van der Waals surface area contributed by atoms with E-state index < -0.39 is 0 Å². The minimum absolute atomic E-state index is 0.869. The van der Waals surface area contributed by atoms with Crippen LogP contribution in [0, 0.1) is 0 Å². The van der Waals surface area contributed by atoms with Crippen molar-refractivity contribution >= 4 is 23.5 Å². The molecule has 1 fully saturated rings. The van der Waals surface area contributed by atoms with Gasteiger partial charge < -0.3 is 0 Å². The fourth-order valence-corrected chi connectivity index (χ4v) is 3.04. The van der Waals surface area contributed by atoms with Crippen LogP contribution in [0.5, 0.6) is 0 Å². The monoisotopic (exact) mass is 194 g/mol. The lowest BCUT2D eigenvalue weighted by Crippen LogP contribution is -2.00. The van der Waals surface area contributed by atoms with Crippen molar-refractivity contribution in [3.8, 4) is 0 Å². The molecule has 0 atom stereocenters. The molecule has 70 valence electrons. The van der Waals surface area contributed by atoms with E-state index in [0.717, 1.165) is 4.58 Å². The number of rotatable bonds is 0. The molecule has 1 saturated heterocycles. The Morgan fingerprint density at radius 2 is 1.27 bits per heavy atom. The summed E-state index contributed by atoms with van der Waals surface area (Å²) >= 11 is 4.16. The summed E-state index contributed by atoms with van der Waals surface area (Å²) in [6.07, 6.45) is 1.42. The summed E-state index contributed by atoms with van der Waals surface area (Å²) in [5.41, 5.74) is 0. The fourth-order valence-electron chi connectivity index (χ4n) is 0.606. The number of hydrogen-bond donors (Lipinski definition) is 0. The highest BCUT2D eigenvalue weighted by Gasteiger charge is 2.06. The van der Waals surface area contributed by atoms with Gasteiger partial charge in [-0.25, -0.2) is 0 Å². The first-order valence-corrected chi connectivity index (χ1v) is 6.72. The highest BCUT2D eigenvalue weighted by atomic mass is 32.2. The van der Waals surface area contributed by atoms with Crippen molar-refractivity contribution in [2.75, 3.05) is 11.5 Å². The molecule has 0 saturated carbocycles. The first-order chi connectivity index (χ1) is 5.39. The molecule has 0 amide bonds. The van der Waals surface area contributed by atoms with E-state index in [1.165, 1.54) is 17.9 Å². The Balaban J connectivity index is 0. The molecule has 0 aromatic rings. The van der Waals surface area contributed by atoms with Gasteiger partial charge in [0.2, 0.25) is 0 Å². The predicted octanol–water partition coefficient (Wildman–Crippen LogP) is 4.25. The van der Waals surface area contributed by atoms with Gasteiger partial charge in [-0.1, -0.05) is 27.7 Å². The lowest BCUT2D eigenvalue weighted by molar-refractivity contribution is 1.10.